The second kappa shape index (κ2) is 9.01. The predicted octanol–water partition coefficient (Wildman–Crippen LogP) is 2.02. The average Bonchev–Trinajstić information content (AvgIpc) is 2.71. The minimum atomic E-state index is -4.14. The third-order valence-electron chi connectivity index (χ3n) is 5.20. The molecule has 1 aliphatic rings. The monoisotopic (exact) mass is 472 g/mol. The molecule has 1 saturated heterocycles. The topological polar surface area (TPSA) is 115 Å². The van der Waals surface area contributed by atoms with Gasteiger partial charge in [-0.3, -0.25) is 9.10 Å². The minimum Gasteiger partial charge on any atom is -0.324 e. The van der Waals surface area contributed by atoms with E-state index >= 15 is 0 Å². The highest BCUT2D eigenvalue weighted by atomic mass is 32.2. The Morgan fingerprint density at radius 2 is 1.77 bits per heavy atom. The Balaban J connectivity index is 1.99. The summed E-state index contributed by atoms with van der Waals surface area (Å²) in [6.07, 6.45) is -0.189. The maximum atomic E-state index is 14.7. The number of anilines is 1. The Hall–Kier alpha value is -2.37. The summed E-state index contributed by atoms with van der Waals surface area (Å²) in [5, 5.41) is -1.000. The molecule has 0 atom stereocenters. The molecule has 0 radical (unpaired) electrons. The molecule has 0 aliphatic carbocycles. The van der Waals surface area contributed by atoms with Gasteiger partial charge in [-0.25, -0.2) is 25.6 Å². The van der Waals surface area contributed by atoms with E-state index in [1.54, 1.807) is 0 Å². The fourth-order valence-corrected chi connectivity index (χ4v) is 7.13. The van der Waals surface area contributed by atoms with Crippen LogP contribution in [-0.2, 0) is 26.4 Å². The normalized spacial score (nSPS) is 16.7. The highest BCUT2D eigenvalue weighted by Gasteiger charge is 2.37. The molecular formula is C20H22F2N2O5S2. The number of carbonyl (C=O) groups excluding carboxylic acids is 1. The SMILES string of the molecule is NCC(=O)c1ccc(CN(c2cccc(F)c2)S(=O)(=O)C2CCS(=O)(=O)CC2)c(F)c1. The first-order valence-corrected chi connectivity index (χ1v) is 12.9. The van der Waals surface area contributed by atoms with E-state index in [2.05, 4.69) is 0 Å². The lowest BCUT2D eigenvalue weighted by Gasteiger charge is -2.31. The van der Waals surface area contributed by atoms with Crippen molar-refractivity contribution in [1.29, 1.82) is 0 Å². The summed E-state index contributed by atoms with van der Waals surface area (Å²) in [7, 11) is -7.44. The lowest BCUT2D eigenvalue weighted by Crippen LogP contribution is -2.42. The maximum Gasteiger partial charge on any atom is 0.238 e. The number of rotatable bonds is 7. The van der Waals surface area contributed by atoms with Crippen LogP contribution in [0.5, 0.6) is 0 Å². The van der Waals surface area contributed by atoms with E-state index in [9.17, 15) is 30.4 Å². The number of sulfonamides is 1. The smallest absolute Gasteiger partial charge is 0.238 e. The molecule has 0 aromatic heterocycles. The number of carbonyl (C=O) groups is 1. The van der Waals surface area contributed by atoms with Gasteiger partial charge in [-0.2, -0.15) is 0 Å². The zero-order valence-corrected chi connectivity index (χ0v) is 18.1. The molecule has 1 aliphatic heterocycles. The van der Waals surface area contributed by atoms with Gasteiger partial charge < -0.3 is 5.73 Å². The summed E-state index contributed by atoms with van der Waals surface area (Å²) in [5.41, 5.74) is 5.31. The number of Topliss-reactive ketones (excluding diaryl/α,β-unsaturated/α-hetero) is 1. The van der Waals surface area contributed by atoms with Crippen molar-refractivity contribution in [2.45, 2.75) is 24.6 Å². The molecular weight excluding hydrogens is 450 g/mol. The highest BCUT2D eigenvalue weighted by Crippen LogP contribution is 2.29. The van der Waals surface area contributed by atoms with E-state index < -0.39 is 49.1 Å². The second-order valence-electron chi connectivity index (χ2n) is 7.32. The molecule has 0 amide bonds. The number of hydrogen-bond donors (Lipinski definition) is 1. The van der Waals surface area contributed by atoms with E-state index in [0.29, 0.717) is 0 Å². The zero-order valence-electron chi connectivity index (χ0n) is 16.5. The summed E-state index contributed by atoms with van der Waals surface area (Å²) in [5.74, 6) is -2.48. The number of hydrogen-bond acceptors (Lipinski definition) is 6. The van der Waals surface area contributed by atoms with Crippen LogP contribution in [0.1, 0.15) is 28.8 Å². The molecule has 31 heavy (non-hydrogen) atoms. The fraction of sp³-hybridized carbons (Fsp3) is 0.350. The number of nitrogens with zero attached hydrogens (tertiary/aromatic N) is 1. The van der Waals surface area contributed by atoms with Gasteiger partial charge in [0.05, 0.1) is 35.5 Å². The number of benzene rings is 2. The number of nitrogens with two attached hydrogens (primary N) is 1. The number of halogens is 2. The van der Waals surface area contributed by atoms with Gasteiger partial charge in [0.25, 0.3) is 0 Å². The third kappa shape index (κ3) is 5.28. The van der Waals surface area contributed by atoms with Crippen molar-refractivity contribution in [3.8, 4) is 0 Å². The van der Waals surface area contributed by atoms with E-state index in [4.69, 9.17) is 5.73 Å². The Bertz CT molecular complexity index is 1190. The molecule has 2 N–H and O–H groups in total. The minimum absolute atomic E-state index is 0.00468. The molecule has 11 heteroatoms. The van der Waals surface area contributed by atoms with Crippen LogP contribution >= 0.6 is 0 Å². The number of ketones is 1. The van der Waals surface area contributed by atoms with Crippen LogP contribution in [0.3, 0.4) is 0 Å². The van der Waals surface area contributed by atoms with Gasteiger partial charge in [0.2, 0.25) is 10.0 Å². The Morgan fingerprint density at radius 1 is 1.10 bits per heavy atom. The fourth-order valence-electron chi connectivity index (χ4n) is 3.43. The molecule has 0 spiro atoms. The van der Waals surface area contributed by atoms with Gasteiger partial charge in [0.1, 0.15) is 21.5 Å². The summed E-state index contributed by atoms with van der Waals surface area (Å²) >= 11 is 0. The van der Waals surface area contributed by atoms with Gasteiger partial charge in [0.15, 0.2) is 5.78 Å². The van der Waals surface area contributed by atoms with Crippen LogP contribution in [0, 0.1) is 11.6 Å². The maximum absolute atomic E-state index is 14.7. The van der Waals surface area contributed by atoms with Crippen LogP contribution in [0.4, 0.5) is 14.5 Å². The first-order valence-electron chi connectivity index (χ1n) is 9.53. The van der Waals surface area contributed by atoms with Crippen LogP contribution in [0.15, 0.2) is 42.5 Å². The standard InChI is InChI=1S/C20H22F2N2O5S2/c21-16-2-1-3-17(11-16)24(31(28,29)18-6-8-30(26,27)9-7-18)13-15-5-4-14(10-19(15)22)20(25)12-23/h1-5,10-11,18H,6-9,12-13,23H2. The quantitative estimate of drug-likeness (QED) is 0.617. The van der Waals surface area contributed by atoms with E-state index in [0.717, 1.165) is 22.5 Å². The third-order valence-corrected chi connectivity index (χ3v) is 9.18. The summed E-state index contributed by atoms with van der Waals surface area (Å²) in [4.78, 5) is 11.7. The van der Waals surface area contributed by atoms with Crippen LogP contribution in [0.2, 0.25) is 0 Å². The van der Waals surface area contributed by atoms with Crippen LogP contribution in [-0.4, -0.2) is 45.9 Å². The molecule has 2 aromatic rings. The lowest BCUT2D eigenvalue weighted by atomic mass is 10.1. The Kier molecular flexibility index (Phi) is 6.77. The van der Waals surface area contributed by atoms with E-state index in [1.807, 2.05) is 0 Å². The lowest BCUT2D eigenvalue weighted by molar-refractivity contribution is 0.100. The first kappa shape index (κ1) is 23.3. The van der Waals surface area contributed by atoms with E-state index in [1.165, 1.54) is 24.3 Å². The molecule has 168 valence electrons. The van der Waals surface area contributed by atoms with Gasteiger partial charge in [-0.1, -0.05) is 18.2 Å². The summed E-state index contributed by atoms with van der Waals surface area (Å²) in [6.45, 7) is -0.745. The van der Waals surface area contributed by atoms with Crippen molar-refractivity contribution < 1.29 is 30.4 Å². The Morgan fingerprint density at radius 3 is 2.35 bits per heavy atom. The average molecular weight is 473 g/mol. The van der Waals surface area contributed by atoms with Crippen molar-refractivity contribution in [1.82, 2.24) is 0 Å². The number of sulfone groups is 1. The molecule has 2 aromatic carbocycles. The van der Waals surface area contributed by atoms with Crippen LogP contribution < -0.4 is 10.0 Å². The van der Waals surface area contributed by atoms with Crippen molar-refractivity contribution in [2.75, 3.05) is 22.4 Å². The van der Waals surface area contributed by atoms with Crippen molar-refractivity contribution in [2.24, 2.45) is 5.73 Å². The molecule has 0 unspecified atom stereocenters. The Labute approximate surface area is 179 Å². The molecule has 1 fully saturated rings. The molecule has 1 heterocycles. The largest absolute Gasteiger partial charge is 0.324 e. The van der Waals surface area contributed by atoms with Crippen LogP contribution in [0.25, 0.3) is 0 Å². The zero-order chi connectivity index (χ0) is 22.8. The predicted molar refractivity (Wildman–Crippen MR) is 113 cm³/mol. The molecule has 3 rings (SSSR count). The first-order chi connectivity index (χ1) is 14.5. The van der Waals surface area contributed by atoms with Gasteiger partial charge in [-0.05, 0) is 37.1 Å². The summed E-state index contributed by atoms with van der Waals surface area (Å²) in [6, 6.07) is 8.48. The van der Waals surface area contributed by atoms with Crippen molar-refractivity contribution in [3.05, 3.63) is 65.2 Å². The van der Waals surface area contributed by atoms with Crippen molar-refractivity contribution in [3.63, 3.8) is 0 Å². The van der Waals surface area contributed by atoms with Crippen molar-refractivity contribution >= 4 is 31.3 Å². The molecule has 0 bridgehead atoms. The van der Waals surface area contributed by atoms with Gasteiger partial charge in [0, 0.05) is 11.1 Å². The van der Waals surface area contributed by atoms with Gasteiger partial charge >= 0.3 is 0 Å². The molecule has 0 saturated carbocycles. The van der Waals surface area contributed by atoms with E-state index in [-0.39, 0.29) is 47.7 Å². The second-order valence-corrected chi connectivity index (χ2v) is 11.8. The summed E-state index contributed by atoms with van der Waals surface area (Å²) < 4.78 is 79.5. The molecule has 7 nitrogen and oxygen atoms in total. The highest BCUT2D eigenvalue weighted by molar-refractivity contribution is 7.94. The van der Waals surface area contributed by atoms with Gasteiger partial charge in [-0.15, -0.1) is 0 Å².